The van der Waals surface area contributed by atoms with Gasteiger partial charge < -0.3 is 4.90 Å². The SMILES string of the molecule is CCn1nnc2cc(C(=O)N(C)C3CCC(c4ccccc4)CC3)ccc21. The van der Waals surface area contributed by atoms with Crippen molar-refractivity contribution < 1.29 is 4.79 Å². The summed E-state index contributed by atoms with van der Waals surface area (Å²) in [4.78, 5) is 14.9. The number of carbonyl (C=O) groups excluding carboxylic acids is 1. The highest BCUT2D eigenvalue weighted by Gasteiger charge is 2.28. The van der Waals surface area contributed by atoms with Gasteiger partial charge >= 0.3 is 0 Å². The molecule has 0 saturated heterocycles. The summed E-state index contributed by atoms with van der Waals surface area (Å²) in [6, 6.07) is 16.7. The predicted molar refractivity (Wildman–Crippen MR) is 107 cm³/mol. The fourth-order valence-electron chi connectivity index (χ4n) is 4.23. The minimum absolute atomic E-state index is 0.0751. The van der Waals surface area contributed by atoms with Crippen molar-refractivity contribution >= 4 is 16.9 Å². The van der Waals surface area contributed by atoms with Crippen molar-refractivity contribution in [2.24, 2.45) is 0 Å². The van der Waals surface area contributed by atoms with Crippen molar-refractivity contribution in [3.8, 4) is 0 Å². The zero-order valence-electron chi connectivity index (χ0n) is 16.0. The van der Waals surface area contributed by atoms with Gasteiger partial charge in [0.25, 0.3) is 5.91 Å². The van der Waals surface area contributed by atoms with Gasteiger partial charge in [0.1, 0.15) is 5.52 Å². The van der Waals surface area contributed by atoms with E-state index in [-0.39, 0.29) is 5.91 Å². The smallest absolute Gasteiger partial charge is 0.253 e. The number of amides is 1. The molecule has 5 nitrogen and oxygen atoms in total. The van der Waals surface area contributed by atoms with E-state index in [9.17, 15) is 4.79 Å². The lowest BCUT2D eigenvalue weighted by atomic mass is 9.81. The van der Waals surface area contributed by atoms with Gasteiger partial charge in [0.2, 0.25) is 0 Å². The summed E-state index contributed by atoms with van der Waals surface area (Å²) < 4.78 is 1.85. The molecule has 0 unspecified atom stereocenters. The van der Waals surface area contributed by atoms with Crippen LogP contribution in [0.3, 0.4) is 0 Å². The van der Waals surface area contributed by atoms with E-state index in [1.54, 1.807) is 0 Å². The number of rotatable bonds is 4. The summed E-state index contributed by atoms with van der Waals surface area (Å²) in [7, 11) is 1.93. The molecule has 0 spiro atoms. The van der Waals surface area contributed by atoms with Gasteiger partial charge in [-0.25, -0.2) is 4.68 Å². The van der Waals surface area contributed by atoms with Crippen LogP contribution in [0.4, 0.5) is 0 Å². The molecule has 140 valence electrons. The molecule has 1 fully saturated rings. The monoisotopic (exact) mass is 362 g/mol. The molecule has 0 atom stereocenters. The lowest BCUT2D eigenvalue weighted by Gasteiger charge is -2.35. The van der Waals surface area contributed by atoms with Crippen LogP contribution >= 0.6 is 0 Å². The first-order valence-corrected chi connectivity index (χ1v) is 9.82. The summed E-state index contributed by atoms with van der Waals surface area (Å²) in [6.45, 7) is 2.81. The molecule has 1 aliphatic rings. The molecular weight excluding hydrogens is 336 g/mol. The molecule has 0 radical (unpaired) electrons. The molecule has 5 heteroatoms. The van der Waals surface area contributed by atoms with E-state index in [1.165, 1.54) is 5.56 Å². The second kappa shape index (κ2) is 7.51. The van der Waals surface area contributed by atoms with Gasteiger partial charge in [-0.1, -0.05) is 35.5 Å². The van der Waals surface area contributed by atoms with Crippen molar-refractivity contribution in [2.45, 2.75) is 51.1 Å². The first-order chi connectivity index (χ1) is 13.2. The van der Waals surface area contributed by atoms with Gasteiger partial charge in [0.05, 0.1) is 5.52 Å². The van der Waals surface area contributed by atoms with E-state index >= 15 is 0 Å². The topological polar surface area (TPSA) is 51.0 Å². The van der Waals surface area contributed by atoms with Gasteiger partial charge in [-0.3, -0.25) is 4.79 Å². The van der Waals surface area contributed by atoms with E-state index in [1.807, 2.05) is 41.8 Å². The van der Waals surface area contributed by atoms with Gasteiger partial charge in [0, 0.05) is 25.2 Å². The van der Waals surface area contributed by atoms with Crippen molar-refractivity contribution in [3.05, 3.63) is 59.7 Å². The first-order valence-electron chi connectivity index (χ1n) is 9.82. The van der Waals surface area contributed by atoms with Crippen LogP contribution in [0.1, 0.15) is 54.4 Å². The van der Waals surface area contributed by atoms with Crippen LogP contribution < -0.4 is 0 Å². The van der Waals surface area contributed by atoms with E-state index in [0.29, 0.717) is 17.5 Å². The van der Waals surface area contributed by atoms with Crippen LogP contribution in [0.15, 0.2) is 48.5 Å². The Bertz CT molecular complexity index is 926. The highest BCUT2D eigenvalue weighted by molar-refractivity contribution is 5.97. The number of aryl methyl sites for hydroxylation is 1. The summed E-state index contributed by atoms with van der Waals surface area (Å²) in [5, 5.41) is 8.32. The van der Waals surface area contributed by atoms with E-state index in [0.717, 1.165) is 43.3 Å². The Balaban J connectivity index is 1.44. The predicted octanol–water partition coefficient (Wildman–Crippen LogP) is 4.25. The maximum Gasteiger partial charge on any atom is 0.253 e. The maximum atomic E-state index is 13.0. The van der Waals surface area contributed by atoms with Crippen molar-refractivity contribution in [1.82, 2.24) is 19.9 Å². The van der Waals surface area contributed by atoms with Crippen LogP contribution in [0.5, 0.6) is 0 Å². The van der Waals surface area contributed by atoms with Crippen LogP contribution in [0.2, 0.25) is 0 Å². The minimum Gasteiger partial charge on any atom is -0.339 e. The molecule has 0 aliphatic heterocycles. The van der Waals surface area contributed by atoms with E-state index in [4.69, 9.17) is 0 Å². The Kier molecular flexibility index (Phi) is 4.92. The van der Waals surface area contributed by atoms with E-state index in [2.05, 4.69) is 40.6 Å². The zero-order valence-corrected chi connectivity index (χ0v) is 16.0. The van der Waals surface area contributed by atoms with Crippen LogP contribution in [-0.4, -0.2) is 38.9 Å². The van der Waals surface area contributed by atoms with Crippen LogP contribution in [0, 0.1) is 0 Å². The van der Waals surface area contributed by atoms with Crippen LogP contribution in [0.25, 0.3) is 11.0 Å². The second-order valence-electron chi connectivity index (χ2n) is 7.44. The standard InChI is InChI=1S/C22H26N4O/c1-3-26-21-14-11-18(15-20(21)23-24-26)22(27)25(2)19-12-9-17(10-13-19)16-7-5-4-6-8-16/h4-8,11,14-15,17,19H,3,9-10,12-13H2,1-2H3. The summed E-state index contributed by atoms with van der Waals surface area (Å²) >= 11 is 0. The normalized spacial score (nSPS) is 19.9. The third-order valence-corrected chi connectivity index (χ3v) is 5.90. The molecule has 27 heavy (non-hydrogen) atoms. The fraction of sp³-hybridized carbons (Fsp3) is 0.409. The highest BCUT2D eigenvalue weighted by atomic mass is 16.2. The lowest BCUT2D eigenvalue weighted by Crippen LogP contribution is -2.39. The Morgan fingerprint density at radius 1 is 1.11 bits per heavy atom. The number of fused-ring (bicyclic) bond motifs is 1. The van der Waals surface area contributed by atoms with Gasteiger partial charge in [-0.2, -0.15) is 0 Å². The molecule has 1 saturated carbocycles. The molecule has 3 aromatic rings. The third kappa shape index (κ3) is 3.46. The molecule has 0 bridgehead atoms. The molecule has 4 rings (SSSR count). The number of aromatic nitrogens is 3. The number of benzene rings is 2. The van der Waals surface area contributed by atoms with E-state index < -0.39 is 0 Å². The average Bonchev–Trinajstić information content (AvgIpc) is 3.16. The maximum absolute atomic E-state index is 13.0. The Morgan fingerprint density at radius 2 is 1.85 bits per heavy atom. The molecule has 0 N–H and O–H groups in total. The molecule has 1 aromatic heterocycles. The Morgan fingerprint density at radius 3 is 2.56 bits per heavy atom. The first kappa shape index (κ1) is 17.7. The molecule has 2 aromatic carbocycles. The summed E-state index contributed by atoms with van der Waals surface area (Å²) in [6.07, 6.45) is 4.37. The molecular formula is C22H26N4O. The largest absolute Gasteiger partial charge is 0.339 e. The van der Waals surface area contributed by atoms with Gasteiger partial charge in [0.15, 0.2) is 0 Å². The highest BCUT2D eigenvalue weighted by Crippen LogP contribution is 2.34. The van der Waals surface area contributed by atoms with Crippen molar-refractivity contribution in [2.75, 3.05) is 7.05 Å². The second-order valence-corrected chi connectivity index (χ2v) is 7.44. The Hall–Kier alpha value is -2.69. The minimum atomic E-state index is 0.0751. The third-order valence-electron chi connectivity index (χ3n) is 5.90. The lowest BCUT2D eigenvalue weighted by molar-refractivity contribution is 0.0689. The number of hydrogen-bond donors (Lipinski definition) is 0. The molecule has 1 aliphatic carbocycles. The number of nitrogens with zero attached hydrogens (tertiary/aromatic N) is 4. The average molecular weight is 362 g/mol. The number of hydrogen-bond acceptors (Lipinski definition) is 3. The van der Waals surface area contributed by atoms with Gasteiger partial charge in [-0.15, -0.1) is 5.10 Å². The van der Waals surface area contributed by atoms with Crippen molar-refractivity contribution in [3.63, 3.8) is 0 Å². The van der Waals surface area contributed by atoms with Crippen molar-refractivity contribution in [1.29, 1.82) is 0 Å². The molecule has 1 amide bonds. The van der Waals surface area contributed by atoms with Gasteiger partial charge in [-0.05, 0) is 62.3 Å². The Labute approximate surface area is 160 Å². The van der Waals surface area contributed by atoms with Crippen LogP contribution in [-0.2, 0) is 6.54 Å². The molecule has 1 heterocycles. The fourth-order valence-corrected chi connectivity index (χ4v) is 4.23. The summed E-state index contributed by atoms with van der Waals surface area (Å²) in [5.41, 5.74) is 3.87. The number of carbonyl (C=O) groups is 1. The quantitative estimate of drug-likeness (QED) is 0.697. The summed E-state index contributed by atoms with van der Waals surface area (Å²) in [5.74, 6) is 0.692. The zero-order chi connectivity index (χ0) is 18.8.